The smallest absolute Gasteiger partial charge is 0.265 e. The maximum absolute atomic E-state index is 12.6. The highest BCUT2D eigenvalue weighted by molar-refractivity contribution is 7.80. The van der Waals surface area contributed by atoms with E-state index >= 15 is 0 Å². The first-order chi connectivity index (χ1) is 11.3. The Hall–Kier alpha value is -2.12. The lowest BCUT2D eigenvalue weighted by atomic mass is 10.1. The number of amides is 2. The van der Waals surface area contributed by atoms with Crippen LogP contribution in [0.5, 0.6) is 11.5 Å². The fourth-order valence-electron chi connectivity index (χ4n) is 2.40. The van der Waals surface area contributed by atoms with Crippen LogP contribution in [0.25, 0.3) is 6.08 Å². The molecule has 128 valence electrons. The van der Waals surface area contributed by atoms with E-state index in [0.29, 0.717) is 18.1 Å². The van der Waals surface area contributed by atoms with Gasteiger partial charge in [0.05, 0.1) is 7.11 Å². The van der Waals surface area contributed by atoms with Gasteiger partial charge in [-0.15, -0.1) is 0 Å². The van der Waals surface area contributed by atoms with Crippen molar-refractivity contribution in [2.45, 2.75) is 13.8 Å². The van der Waals surface area contributed by atoms with Crippen molar-refractivity contribution < 1.29 is 19.4 Å². The molecule has 0 atom stereocenters. The van der Waals surface area contributed by atoms with Gasteiger partial charge < -0.3 is 9.84 Å². The molecule has 0 spiro atoms. The van der Waals surface area contributed by atoms with Crippen LogP contribution in [0.4, 0.5) is 0 Å². The van der Waals surface area contributed by atoms with Gasteiger partial charge in [-0.05, 0) is 38.2 Å². The predicted molar refractivity (Wildman–Crippen MR) is 95.0 cm³/mol. The second kappa shape index (κ2) is 7.19. The van der Waals surface area contributed by atoms with Crippen molar-refractivity contribution in [3.63, 3.8) is 0 Å². The lowest BCUT2D eigenvalue weighted by molar-refractivity contribution is -0.133. The number of rotatable bonds is 4. The number of carbonyl (C=O) groups excluding carboxylic acids is 2. The Morgan fingerprint density at radius 3 is 2.21 bits per heavy atom. The van der Waals surface area contributed by atoms with Crippen LogP contribution in [0.3, 0.4) is 0 Å². The first-order valence-corrected chi connectivity index (χ1v) is 8.10. The molecule has 0 bridgehead atoms. The van der Waals surface area contributed by atoms with E-state index in [1.807, 2.05) is 0 Å². The number of phenolic OH excluding ortho intramolecular Hbond substituents is 1. The lowest BCUT2D eigenvalue weighted by Crippen LogP contribution is -2.55. The second-order valence-corrected chi connectivity index (χ2v) is 5.79. The Kier molecular flexibility index (Phi) is 5.46. The minimum absolute atomic E-state index is 0.0908. The average Bonchev–Trinajstić information content (AvgIpc) is 2.55. The number of aromatic hydroxyl groups is 1. The van der Waals surface area contributed by atoms with Gasteiger partial charge >= 0.3 is 0 Å². The Morgan fingerprint density at radius 1 is 1.21 bits per heavy atom. The van der Waals surface area contributed by atoms with Crippen LogP contribution in [-0.4, -0.2) is 52.0 Å². The molecule has 24 heavy (non-hydrogen) atoms. The fraction of sp³-hybridized carbons (Fsp3) is 0.312. The van der Waals surface area contributed by atoms with Gasteiger partial charge in [0.1, 0.15) is 5.57 Å². The molecule has 1 N–H and O–H groups in total. The standard InChI is InChI=1S/C16H17ClN2O4S/c1-4-18-14(21)11(15(22)19(5-2)16(18)24)7-9-6-10(17)8-12(23-3)13(9)20/h6-8,20H,4-5H2,1-3H3. The van der Waals surface area contributed by atoms with Crippen LogP contribution < -0.4 is 4.74 Å². The molecule has 0 saturated carbocycles. The Balaban J connectivity index is 2.59. The Bertz CT molecular complexity index is 720. The lowest BCUT2D eigenvalue weighted by Gasteiger charge is -2.35. The molecule has 1 aromatic rings. The first-order valence-electron chi connectivity index (χ1n) is 7.31. The molecule has 1 aliphatic heterocycles. The molecule has 2 amide bonds. The molecule has 1 heterocycles. The van der Waals surface area contributed by atoms with Crippen molar-refractivity contribution in [3.05, 3.63) is 28.3 Å². The van der Waals surface area contributed by atoms with Gasteiger partial charge in [0.2, 0.25) is 0 Å². The molecule has 8 heteroatoms. The van der Waals surface area contributed by atoms with Crippen molar-refractivity contribution in [3.8, 4) is 11.5 Å². The van der Waals surface area contributed by atoms with Crippen LogP contribution in [0.1, 0.15) is 19.4 Å². The van der Waals surface area contributed by atoms with E-state index < -0.39 is 11.8 Å². The molecule has 1 saturated heterocycles. The number of carbonyl (C=O) groups is 2. The van der Waals surface area contributed by atoms with E-state index in [0.717, 1.165) is 0 Å². The van der Waals surface area contributed by atoms with Crippen molar-refractivity contribution in [2.24, 2.45) is 0 Å². The average molecular weight is 369 g/mol. The van der Waals surface area contributed by atoms with Crippen molar-refractivity contribution in [1.29, 1.82) is 0 Å². The number of thiocarbonyl (C=S) groups is 1. The van der Waals surface area contributed by atoms with Gasteiger partial charge in [0, 0.05) is 29.7 Å². The number of benzene rings is 1. The van der Waals surface area contributed by atoms with E-state index in [1.165, 1.54) is 35.1 Å². The third-order valence-electron chi connectivity index (χ3n) is 3.63. The third-order valence-corrected chi connectivity index (χ3v) is 4.29. The van der Waals surface area contributed by atoms with Gasteiger partial charge in [0.25, 0.3) is 11.8 Å². The van der Waals surface area contributed by atoms with Crippen LogP contribution in [0, 0.1) is 0 Å². The zero-order valence-electron chi connectivity index (χ0n) is 13.5. The highest BCUT2D eigenvalue weighted by atomic mass is 35.5. The molecule has 1 fully saturated rings. The summed E-state index contributed by atoms with van der Waals surface area (Å²) >= 11 is 11.2. The van der Waals surface area contributed by atoms with Crippen molar-refractivity contribution >= 4 is 46.8 Å². The summed E-state index contributed by atoms with van der Waals surface area (Å²) in [6.45, 7) is 4.21. The Morgan fingerprint density at radius 2 is 1.75 bits per heavy atom. The summed E-state index contributed by atoms with van der Waals surface area (Å²) in [5.41, 5.74) is 0.128. The summed E-state index contributed by atoms with van der Waals surface area (Å²) in [5, 5.41) is 10.7. The number of hydrogen-bond acceptors (Lipinski definition) is 5. The van der Waals surface area contributed by atoms with Crippen LogP contribution in [-0.2, 0) is 9.59 Å². The molecular weight excluding hydrogens is 352 g/mol. The summed E-state index contributed by atoms with van der Waals surface area (Å²) in [5.74, 6) is -1.05. The number of methoxy groups -OCH3 is 1. The summed E-state index contributed by atoms with van der Waals surface area (Å²) < 4.78 is 5.04. The van der Waals surface area contributed by atoms with E-state index in [-0.39, 0.29) is 27.7 Å². The predicted octanol–water partition coefficient (Wildman–Crippen LogP) is 2.43. The fourth-order valence-corrected chi connectivity index (χ4v) is 3.04. The molecular formula is C16H17ClN2O4S. The number of nitrogens with zero attached hydrogens (tertiary/aromatic N) is 2. The first kappa shape index (κ1) is 18.2. The van der Waals surface area contributed by atoms with Crippen LogP contribution in [0.2, 0.25) is 5.02 Å². The van der Waals surface area contributed by atoms with Crippen molar-refractivity contribution in [2.75, 3.05) is 20.2 Å². The normalized spacial score (nSPS) is 15.2. The molecule has 0 radical (unpaired) electrons. The molecule has 6 nitrogen and oxygen atoms in total. The monoisotopic (exact) mass is 368 g/mol. The van der Waals surface area contributed by atoms with Crippen LogP contribution >= 0.6 is 23.8 Å². The van der Waals surface area contributed by atoms with Gasteiger partial charge in [-0.2, -0.15) is 0 Å². The number of likely N-dealkylation sites (N-methyl/N-ethyl adjacent to an activating group) is 2. The summed E-state index contributed by atoms with van der Waals surface area (Å²) in [6, 6.07) is 2.89. The highest BCUT2D eigenvalue weighted by Gasteiger charge is 2.38. The minimum atomic E-state index is -0.504. The van der Waals surface area contributed by atoms with E-state index in [1.54, 1.807) is 13.8 Å². The molecule has 1 aliphatic rings. The number of hydrogen-bond donors (Lipinski definition) is 1. The summed E-state index contributed by atoms with van der Waals surface area (Å²) in [4.78, 5) is 27.8. The Labute approximate surface area is 150 Å². The van der Waals surface area contributed by atoms with Gasteiger partial charge in [-0.1, -0.05) is 11.6 Å². The quantitative estimate of drug-likeness (QED) is 0.502. The SMILES string of the molecule is CCN1C(=O)C(=Cc2cc(Cl)cc(OC)c2O)C(=O)N(CC)C1=S. The van der Waals surface area contributed by atoms with Crippen molar-refractivity contribution in [1.82, 2.24) is 9.80 Å². The molecule has 0 unspecified atom stereocenters. The maximum Gasteiger partial charge on any atom is 0.265 e. The van der Waals surface area contributed by atoms with E-state index in [2.05, 4.69) is 0 Å². The summed E-state index contributed by atoms with van der Waals surface area (Å²) in [6.07, 6.45) is 1.31. The molecule has 1 aromatic carbocycles. The van der Waals surface area contributed by atoms with Gasteiger partial charge in [-0.3, -0.25) is 19.4 Å². The maximum atomic E-state index is 12.6. The largest absolute Gasteiger partial charge is 0.504 e. The number of halogens is 1. The van der Waals surface area contributed by atoms with E-state index in [4.69, 9.17) is 28.6 Å². The zero-order chi connectivity index (χ0) is 18.0. The molecule has 0 aliphatic carbocycles. The zero-order valence-corrected chi connectivity index (χ0v) is 15.1. The van der Waals surface area contributed by atoms with Gasteiger partial charge in [-0.25, -0.2) is 0 Å². The molecule has 2 rings (SSSR count). The minimum Gasteiger partial charge on any atom is -0.504 e. The number of ether oxygens (including phenoxy) is 1. The van der Waals surface area contributed by atoms with E-state index in [9.17, 15) is 14.7 Å². The summed E-state index contributed by atoms with van der Waals surface area (Å²) in [7, 11) is 1.38. The second-order valence-electron chi connectivity index (χ2n) is 4.99. The topological polar surface area (TPSA) is 70.1 Å². The third kappa shape index (κ3) is 3.09. The van der Waals surface area contributed by atoms with Crippen LogP contribution in [0.15, 0.2) is 17.7 Å². The highest BCUT2D eigenvalue weighted by Crippen LogP contribution is 2.35. The van der Waals surface area contributed by atoms with Gasteiger partial charge in [0.15, 0.2) is 16.6 Å². The number of phenols is 1. The molecule has 0 aromatic heterocycles.